The molecule has 3 aliphatic rings. The van der Waals surface area contributed by atoms with E-state index in [1.165, 1.54) is 7.11 Å². The van der Waals surface area contributed by atoms with Crippen molar-refractivity contribution < 1.29 is 27.8 Å². The summed E-state index contributed by atoms with van der Waals surface area (Å²) in [6.07, 6.45) is 2.00. The molecular formula is C24H34F2N2O4. The highest BCUT2D eigenvalue weighted by Gasteiger charge is 2.61. The highest BCUT2D eigenvalue weighted by atomic mass is 19.3. The number of methoxy groups -OCH3 is 1. The number of benzene rings is 1. The Labute approximate surface area is 188 Å². The molecule has 2 bridgehead atoms. The molecule has 1 amide bonds. The lowest BCUT2D eigenvalue weighted by molar-refractivity contribution is -0.161. The van der Waals surface area contributed by atoms with Gasteiger partial charge in [-0.1, -0.05) is 12.1 Å². The first-order valence-electron chi connectivity index (χ1n) is 11.4. The molecule has 1 saturated carbocycles. The van der Waals surface area contributed by atoms with Crippen molar-refractivity contribution in [2.24, 2.45) is 17.8 Å². The predicted molar refractivity (Wildman–Crippen MR) is 116 cm³/mol. The second kappa shape index (κ2) is 8.45. The van der Waals surface area contributed by atoms with Gasteiger partial charge in [-0.2, -0.15) is 8.78 Å². The minimum absolute atomic E-state index is 0.00907. The summed E-state index contributed by atoms with van der Waals surface area (Å²) < 4.78 is 43.2. The number of alkyl halides is 2. The number of fused-ring (bicyclic) bond motifs is 4. The second-order valence-corrected chi connectivity index (χ2v) is 10.1. The first kappa shape index (κ1) is 23.2. The third-order valence-corrected chi connectivity index (χ3v) is 7.95. The molecule has 2 heterocycles. The van der Waals surface area contributed by atoms with Crippen molar-refractivity contribution in [3.05, 3.63) is 23.8 Å². The van der Waals surface area contributed by atoms with Crippen LogP contribution >= 0.6 is 0 Å². The summed E-state index contributed by atoms with van der Waals surface area (Å²) in [4.78, 5) is 12.4. The van der Waals surface area contributed by atoms with Crippen molar-refractivity contribution in [1.82, 2.24) is 10.6 Å². The van der Waals surface area contributed by atoms with Gasteiger partial charge in [0.15, 0.2) is 11.5 Å². The minimum atomic E-state index is -2.98. The number of carbonyl (C=O) groups is 1. The van der Waals surface area contributed by atoms with Crippen LogP contribution in [0.1, 0.15) is 58.6 Å². The molecule has 3 fully saturated rings. The number of halogens is 2. The molecule has 32 heavy (non-hydrogen) atoms. The van der Waals surface area contributed by atoms with Gasteiger partial charge in [0.05, 0.1) is 18.8 Å². The van der Waals surface area contributed by atoms with Gasteiger partial charge in [-0.3, -0.25) is 4.79 Å². The van der Waals surface area contributed by atoms with Crippen LogP contribution in [-0.4, -0.2) is 43.4 Å². The Bertz CT molecular complexity index is 864. The molecule has 2 aliphatic heterocycles. The predicted octanol–water partition coefficient (Wildman–Crippen LogP) is 4.05. The summed E-state index contributed by atoms with van der Waals surface area (Å²) >= 11 is 0. The van der Waals surface area contributed by atoms with Crippen molar-refractivity contribution in [1.29, 1.82) is 0 Å². The number of amides is 1. The quantitative estimate of drug-likeness (QED) is 0.706. The molecule has 2 saturated heterocycles. The molecule has 8 heteroatoms. The number of rotatable bonds is 5. The van der Waals surface area contributed by atoms with Crippen molar-refractivity contribution in [3.8, 4) is 11.5 Å². The summed E-state index contributed by atoms with van der Waals surface area (Å²) in [5.74, 6) is 0.661. The summed E-state index contributed by atoms with van der Waals surface area (Å²) in [7, 11) is 1.43. The smallest absolute Gasteiger partial charge is 0.387 e. The summed E-state index contributed by atoms with van der Waals surface area (Å²) in [6.45, 7) is 5.59. The maximum Gasteiger partial charge on any atom is 0.387 e. The van der Waals surface area contributed by atoms with E-state index < -0.39 is 18.3 Å². The van der Waals surface area contributed by atoms with Gasteiger partial charge < -0.3 is 24.8 Å². The third-order valence-electron chi connectivity index (χ3n) is 7.95. The fraction of sp³-hybridized carbons (Fsp3) is 0.708. The van der Waals surface area contributed by atoms with Crippen molar-refractivity contribution in [2.45, 2.75) is 76.8 Å². The molecule has 1 aromatic carbocycles. The SMILES string of the molecule is COc1cccc([C@@H]2OCC[C@]3(NC(C)=O)C4CC(C[C@@H]23)C(C)(C)N[C@@H]4C)c1OC(F)F. The minimum Gasteiger partial charge on any atom is -0.493 e. The fourth-order valence-electron chi connectivity index (χ4n) is 6.70. The zero-order valence-corrected chi connectivity index (χ0v) is 19.4. The lowest BCUT2D eigenvalue weighted by atomic mass is 9.52. The monoisotopic (exact) mass is 452 g/mol. The Balaban J connectivity index is 1.83. The van der Waals surface area contributed by atoms with Crippen LogP contribution in [0.15, 0.2) is 18.2 Å². The van der Waals surface area contributed by atoms with Gasteiger partial charge in [0.2, 0.25) is 5.91 Å². The van der Waals surface area contributed by atoms with Crippen LogP contribution in [0, 0.1) is 17.8 Å². The topological polar surface area (TPSA) is 68.8 Å². The maximum atomic E-state index is 13.3. The lowest BCUT2D eigenvalue weighted by Crippen LogP contribution is -2.73. The van der Waals surface area contributed by atoms with E-state index in [9.17, 15) is 13.6 Å². The summed E-state index contributed by atoms with van der Waals surface area (Å²) in [6, 6.07) is 5.33. The molecule has 0 spiro atoms. The van der Waals surface area contributed by atoms with Crippen LogP contribution in [0.4, 0.5) is 8.78 Å². The van der Waals surface area contributed by atoms with E-state index in [4.69, 9.17) is 14.2 Å². The van der Waals surface area contributed by atoms with Crippen LogP contribution in [0.5, 0.6) is 11.5 Å². The number of hydrogen-bond donors (Lipinski definition) is 2. The maximum absolute atomic E-state index is 13.3. The molecule has 0 radical (unpaired) electrons. The first-order chi connectivity index (χ1) is 15.1. The van der Waals surface area contributed by atoms with Crippen LogP contribution < -0.4 is 20.1 Å². The molecule has 1 aromatic rings. The molecule has 178 valence electrons. The summed E-state index contributed by atoms with van der Waals surface area (Å²) in [5, 5.41) is 7.08. The Morgan fingerprint density at radius 2 is 2.00 bits per heavy atom. The van der Waals surface area contributed by atoms with Gasteiger partial charge in [-0.25, -0.2) is 0 Å². The van der Waals surface area contributed by atoms with Crippen molar-refractivity contribution >= 4 is 5.91 Å². The first-order valence-corrected chi connectivity index (χ1v) is 11.4. The Morgan fingerprint density at radius 3 is 2.66 bits per heavy atom. The van der Waals surface area contributed by atoms with Crippen LogP contribution in [0.3, 0.4) is 0 Å². The number of nitrogens with one attached hydrogen (secondary N) is 2. The van der Waals surface area contributed by atoms with Crippen LogP contribution in [0.25, 0.3) is 0 Å². The van der Waals surface area contributed by atoms with Gasteiger partial charge in [-0.15, -0.1) is 0 Å². The number of para-hydroxylation sites is 1. The normalized spacial score (nSPS) is 35.7. The van der Waals surface area contributed by atoms with Crippen molar-refractivity contribution in [2.75, 3.05) is 13.7 Å². The summed E-state index contributed by atoms with van der Waals surface area (Å²) in [5.41, 5.74) is -0.0153. The van der Waals surface area contributed by atoms with E-state index in [0.29, 0.717) is 24.5 Å². The van der Waals surface area contributed by atoms with Gasteiger partial charge in [0.25, 0.3) is 0 Å². The van der Waals surface area contributed by atoms with Gasteiger partial charge in [0, 0.05) is 36.6 Å². The fourth-order valence-corrected chi connectivity index (χ4v) is 6.70. The second-order valence-electron chi connectivity index (χ2n) is 10.1. The molecular weight excluding hydrogens is 418 g/mol. The molecule has 0 aromatic heterocycles. The Morgan fingerprint density at radius 1 is 1.28 bits per heavy atom. The molecule has 4 rings (SSSR count). The molecule has 2 unspecified atom stereocenters. The van der Waals surface area contributed by atoms with Crippen molar-refractivity contribution in [3.63, 3.8) is 0 Å². The Hall–Kier alpha value is -1.93. The zero-order chi connectivity index (χ0) is 23.3. The third kappa shape index (κ3) is 3.85. The van der Waals surface area contributed by atoms with E-state index in [0.717, 1.165) is 12.8 Å². The largest absolute Gasteiger partial charge is 0.493 e. The number of hydrogen-bond acceptors (Lipinski definition) is 5. The average molecular weight is 453 g/mol. The molecule has 2 N–H and O–H groups in total. The number of piperidine rings is 1. The highest BCUT2D eigenvalue weighted by molar-refractivity contribution is 5.74. The van der Waals surface area contributed by atoms with Gasteiger partial charge in [-0.05, 0) is 57.9 Å². The molecule has 6 nitrogen and oxygen atoms in total. The van der Waals surface area contributed by atoms with E-state index in [1.807, 2.05) is 0 Å². The van der Waals surface area contributed by atoms with Crippen LogP contribution in [0.2, 0.25) is 0 Å². The highest BCUT2D eigenvalue weighted by Crippen LogP contribution is 2.58. The van der Waals surface area contributed by atoms with E-state index >= 15 is 0 Å². The average Bonchev–Trinajstić information content (AvgIpc) is 2.70. The van der Waals surface area contributed by atoms with E-state index in [2.05, 4.69) is 31.4 Å². The molecule has 1 aliphatic carbocycles. The van der Waals surface area contributed by atoms with Gasteiger partial charge >= 0.3 is 6.61 Å². The van der Waals surface area contributed by atoms with Gasteiger partial charge in [0.1, 0.15) is 0 Å². The lowest BCUT2D eigenvalue weighted by Gasteiger charge is -2.63. The van der Waals surface area contributed by atoms with E-state index in [-0.39, 0.29) is 40.8 Å². The number of carbonyl (C=O) groups excluding carboxylic acids is 1. The number of ether oxygens (including phenoxy) is 3. The van der Waals surface area contributed by atoms with E-state index in [1.54, 1.807) is 25.1 Å². The molecule has 6 atom stereocenters. The van der Waals surface area contributed by atoms with Crippen LogP contribution in [-0.2, 0) is 9.53 Å². The standard InChI is InChI=1S/C24H34F2N2O4/c1-13-17-11-15(23(3,4)27-13)12-18-20(31-10-9-24(17,18)28-14(2)29)16-7-6-8-19(30-5)21(16)32-22(25)26/h6-8,13,15,17-18,20,22,27H,9-12H2,1-5H3,(H,28,29)/t13-,15?,17?,18+,20+,24+/m1/s1. The zero-order valence-electron chi connectivity index (χ0n) is 19.4. The Kier molecular flexibility index (Phi) is 6.13.